The molecule has 0 saturated carbocycles. The van der Waals surface area contributed by atoms with Crippen molar-refractivity contribution in [3.8, 4) is 0 Å². The van der Waals surface area contributed by atoms with Crippen LogP contribution in [0.3, 0.4) is 0 Å². The second kappa shape index (κ2) is 4.44. The number of hydrogen-bond acceptors (Lipinski definition) is 2. The van der Waals surface area contributed by atoms with Gasteiger partial charge >= 0.3 is 5.97 Å². The van der Waals surface area contributed by atoms with E-state index in [9.17, 15) is 4.79 Å². The summed E-state index contributed by atoms with van der Waals surface area (Å²) in [6.45, 7) is 3.20. The zero-order valence-corrected chi connectivity index (χ0v) is 9.79. The number of halogens is 1. The van der Waals surface area contributed by atoms with Crippen LogP contribution in [0.5, 0.6) is 0 Å². The first-order chi connectivity index (χ1) is 7.58. The molecule has 1 aromatic carbocycles. The molecule has 2 atom stereocenters. The van der Waals surface area contributed by atoms with E-state index >= 15 is 0 Å². The van der Waals surface area contributed by atoms with E-state index in [0.29, 0.717) is 18.1 Å². The topological polar surface area (TPSA) is 49.3 Å². The molecular weight excluding hydrogens is 226 g/mol. The number of carboxylic acids is 1. The third-order valence-corrected chi connectivity index (χ3v) is 3.24. The molecule has 0 amide bonds. The third-order valence-electron chi connectivity index (χ3n) is 3.02. The highest BCUT2D eigenvalue weighted by Gasteiger charge is 2.33. The van der Waals surface area contributed by atoms with Gasteiger partial charge in [0.1, 0.15) is 0 Å². The molecule has 3 nitrogen and oxygen atoms in total. The molecule has 2 rings (SSSR count). The maximum atomic E-state index is 11.1. The molecule has 1 aromatic rings. The van der Waals surface area contributed by atoms with Gasteiger partial charge in [-0.3, -0.25) is 4.79 Å². The number of carbonyl (C=O) groups is 1. The van der Waals surface area contributed by atoms with Gasteiger partial charge in [-0.15, -0.1) is 0 Å². The van der Waals surface area contributed by atoms with Crippen molar-refractivity contribution in [1.82, 2.24) is 5.32 Å². The average Bonchev–Trinajstić information content (AvgIpc) is 2.63. The van der Waals surface area contributed by atoms with E-state index in [1.807, 2.05) is 25.1 Å². The molecule has 0 aliphatic carbocycles. The molecule has 2 unspecified atom stereocenters. The number of nitrogens with one attached hydrogen (secondary N) is 1. The van der Waals surface area contributed by atoms with Crippen LogP contribution in [0.1, 0.15) is 17.0 Å². The normalized spacial score (nSPS) is 24.6. The minimum absolute atomic E-state index is 0.0231. The van der Waals surface area contributed by atoms with Gasteiger partial charge in [0.25, 0.3) is 0 Å². The van der Waals surface area contributed by atoms with Gasteiger partial charge in [0.15, 0.2) is 0 Å². The Hall–Kier alpha value is -1.06. The van der Waals surface area contributed by atoms with Crippen LogP contribution < -0.4 is 5.32 Å². The Morgan fingerprint density at radius 3 is 2.81 bits per heavy atom. The van der Waals surface area contributed by atoms with Crippen LogP contribution in [0.2, 0.25) is 5.02 Å². The van der Waals surface area contributed by atoms with E-state index in [1.54, 1.807) is 0 Å². The summed E-state index contributed by atoms with van der Waals surface area (Å²) in [6, 6.07) is 5.75. The van der Waals surface area contributed by atoms with Crippen molar-refractivity contribution in [2.45, 2.75) is 12.8 Å². The van der Waals surface area contributed by atoms with Gasteiger partial charge in [-0.25, -0.2) is 0 Å². The van der Waals surface area contributed by atoms with Crippen molar-refractivity contribution < 1.29 is 9.90 Å². The van der Waals surface area contributed by atoms with Crippen molar-refractivity contribution in [3.05, 3.63) is 34.3 Å². The molecule has 1 heterocycles. The van der Waals surface area contributed by atoms with Crippen LogP contribution in [-0.2, 0) is 4.79 Å². The molecule has 0 spiro atoms. The lowest BCUT2D eigenvalue weighted by Gasteiger charge is -2.15. The number of benzene rings is 1. The first-order valence-electron chi connectivity index (χ1n) is 5.28. The van der Waals surface area contributed by atoms with Crippen LogP contribution in [0.25, 0.3) is 0 Å². The van der Waals surface area contributed by atoms with Crippen molar-refractivity contribution in [3.63, 3.8) is 0 Å². The molecule has 0 radical (unpaired) electrons. The second-order valence-corrected chi connectivity index (χ2v) is 4.71. The van der Waals surface area contributed by atoms with Crippen molar-refractivity contribution in [1.29, 1.82) is 0 Å². The Labute approximate surface area is 99.4 Å². The van der Waals surface area contributed by atoms with Gasteiger partial charge < -0.3 is 10.4 Å². The van der Waals surface area contributed by atoms with Gasteiger partial charge in [-0.1, -0.05) is 17.7 Å². The van der Waals surface area contributed by atoms with Crippen molar-refractivity contribution in [2.24, 2.45) is 5.92 Å². The largest absolute Gasteiger partial charge is 0.481 e. The van der Waals surface area contributed by atoms with Crippen LogP contribution in [0.4, 0.5) is 0 Å². The number of hydrogen-bond donors (Lipinski definition) is 2. The zero-order chi connectivity index (χ0) is 11.7. The third kappa shape index (κ3) is 2.20. The number of rotatable bonds is 2. The Morgan fingerprint density at radius 1 is 1.44 bits per heavy atom. The van der Waals surface area contributed by atoms with Crippen LogP contribution in [-0.4, -0.2) is 24.2 Å². The van der Waals surface area contributed by atoms with E-state index in [1.165, 1.54) is 0 Å². The molecule has 86 valence electrons. The predicted molar refractivity (Wildman–Crippen MR) is 62.9 cm³/mol. The molecule has 1 aliphatic heterocycles. The molecule has 0 aromatic heterocycles. The quantitative estimate of drug-likeness (QED) is 0.830. The molecule has 1 aliphatic rings. The number of carboxylic acid groups (broad SMARTS) is 1. The highest BCUT2D eigenvalue weighted by atomic mass is 35.5. The van der Waals surface area contributed by atoms with Gasteiger partial charge in [0.2, 0.25) is 0 Å². The lowest BCUT2D eigenvalue weighted by Crippen LogP contribution is -2.21. The van der Waals surface area contributed by atoms with Crippen molar-refractivity contribution >= 4 is 17.6 Å². The molecule has 0 bridgehead atoms. The standard InChI is InChI=1S/C12H14ClNO2/c1-7-2-8(4-9(13)3-7)10-5-14-6-11(10)12(15)16/h2-4,10-11,14H,5-6H2,1H3,(H,15,16). The Morgan fingerprint density at radius 2 is 2.19 bits per heavy atom. The van der Waals surface area contributed by atoms with Gasteiger partial charge in [0.05, 0.1) is 5.92 Å². The Bertz CT molecular complexity index is 399. The van der Waals surface area contributed by atoms with E-state index in [4.69, 9.17) is 16.7 Å². The smallest absolute Gasteiger partial charge is 0.308 e. The number of aryl methyl sites for hydroxylation is 1. The average molecular weight is 240 g/mol. The predicted octanol–water partition coefficient (Wildman–Crippen LogP) is 2.04. The summed E-state index contributed by atoms with van der Waals surface area (Å²) in [7, 11) is 0. The minimum atomic E-state index is -0.743. The summed E-state index contributed by atoms with van der Waals surface area (Å²) in [5, 5.41) is 12.9. The first kappa shape index (κ1) is 11.4. The molecule has 2 N–H and O–H groups in total. The zero-order valence-electron chi connectivity index (χ0n) is 9.03. The molecule has 4 heteroatoms. The van der Waals surface area contributed by atoms with Crippen molar-refractivity contribution in [2.75, 3.05) is 13.1 Å². The minimum Gasteiger partial charge on any atom is -0.481 e. The molecular formula is C12H14ClNO2. The molecule has 1 fully saturated rings. The maximum absolute atomic E-state index is 11.1. The van der Waals surface area contributed by atoms with E-state index < -0.39 is 5.97 Å². The summed E-state index contributed by atoms with van der Waals surface area (Å²) < 4.78 is 0. The first-order valence-corrected chi connectivity index (χ1v) is 5.66. The van der Waals surface area contributed by atoms with E-state index in [-0.39, 0.29) is 11.8 Å². The fraction of sp³-hybridized carbons (Fsp3) is 0.417. The Balaban J connectivity index is 2.32. The molecule has 16 heavy (non-hydrogen) atoms. The van der Waals surface area contributed by atoms with Crippen LogP contribution in [0.15, 0.2) is 18.2 Å². The monoisotopic (exact) mass is 239 g/mol. The summed E-state index contributed by atoms with van der Waals surface area (Å²) in [6.07, 6.45) is 0. The van der Waals surface area contributed by atoms with Gasteiger partial charge in [-0.2, -0.15) is 0 Å². The van der Waals surface area contributed by atoms with E-state index in [0.717, 1.165) is 11.1 Å². The fourth-order valence-electron chi connectivity index (χ4n) is 2.27. The summed E-state index contributed by atoms with van der Waals surface area (Å²) in [4.78, 5) is 11.1. The summed E-state index contributed by atoms with van der Waals surface area (Å²) in [5.74, 6) is -1.07. The highest BCUT2D eigenvalue weighted by molar-refractivity contribution is 6.30. The van der Waals surface area contributed by atoms with Crippen LogP contribution >= 0.6 is 11.6 Å². The highest BCUT2D eigenvalue weighted by Crippen LogP contribution is 2.30. The lowest BCUT2D eigenvalue weighted by atomic mass is 9.88. The Kier molecular flexibility index (Phi) is 3.17. The fourth-order valence-corrected chi connectivity index (χ4v) is 2.57. The summed E-state index contributed by atoms with van der Waals surface area (Å²) in [5.41, 5.74) is 2.08. The number of aliphatic carboxylic acids is 1. The second-order valence-electron chi connectivity index (χ2n) is 4.27. The van der Waals surface area contributed by atoms with Gasteiger partial charge in [-0.05, 0) is 30.2 Å². The maximum Gasteiger partial charge on any atom is 0.308 e. The van der Waals surface area contributed by atoms with E-state index in [2.05, 4.69) is 5.32 Å². The lowest BCUT2D eigenvalue weighted by molar-refractivity contribution is -0.141. The van der Waals surface area contributed by atoms with Crippen LogP contribution in [0, 0.1) is 12.8 Å². The van der Waals surface area contributed by atoms with Gasteiger partial charge in [0, 0.05) is 24.0 Å². The summed E-state index contributed by atoms with van der Waals surface area (Å²) >= 11 is 5.99. The SMILES string of the molecule is Cc1cc(Cl)cc(C2CNCC2C(=O)O)c1. The molecule has 1 saturated heterocycles.